The van der Waals surface area contributed by atoms with E-state index in [-0.39, 0.29) is 5.56 Å². The summed E-state index contributed by atoms with van der Waals surface area (Å²) in [7, 11) is 1.31. The van der Waals surface area contributed by atoms with Crippen LogP contribution in [0.2, 0.25) is 5.02 Å². The Bertz CT molecular complexity index is 697. The number of benzene rings is 1. The molecule has 6 heteroatoms. The Morgan fingerprint density at radius 3 is 2.57 bits per heavy atom. The lowest BCUT2D eigenvalue weighted by atomic mass is 10.1. The predicted molar refractivity (Wildman–Crippen MR) is 84.6 cm³/mol. The second kappa shape index (κ2) is 6.91. The summed E-state index contributed by atoms with van der Waals surface area (Å²) in [6, 6.07) is 9.55. The van der Waals surface area contributed by atoms with E-state index >= 15 is 0 Å². The average molecular weight is 371 g/mol. The molecule has 110 valence electrons. The highest BCUT2D eigenvalue weighted by Crippen LogP contribution is 2.18. The van der Waals surface area contributed by atoms with Crippen molar-refractivity contribution in [1.29, 1.82) is 0 Å². The molecule has 1 aromatic heterocycles. The minimum absolute atomic E-state index is 0.270. The minimum atomic E-state index is -0.711. The van der Waals surface area contributed by atoms with Gasteiger partial charge in [-0.1, -0.05) is 39.7 Å². The molecule has 0 spiro atoms. The van der Waals surface area contributed by atoms with Crippen LogP contribution < -0.4 is 5.56 Å². The van der Waals surface area contributed by atoms with Crippen molar-refractivity contribution in [3.8, 4) is 0 Å². The van der Waals surface area contributed by atoms with Crippen LogP contribution in [0.15, 0.2) is 51.9 Å². The summed E-state index contributed by atoms with van der Waals surface area (Å²) in [5.74, 6) is -0.464. The molecule has 0 N–H and O–H groups in total. The van der Waals surface area contributed by atoms with Gasteiger partial charge in [-0.15, -0.1) is 0 Å². The summed E-state index contributed by atoms with van der Waals surface area (Å²) < 4.78 is 6.84. The number of carbonyl (C=O) groups excluding carboxylic acids is 1. The lowest BCUT2D eigenvalue weighted by Gasteiger charge is -2.17. The minimum Gasteiger partial charge on any atom is -0.467 e. The molecular weight excluding hydrogens is 358 g/mol. The van der Waals surface area contributed by atoms with Crippen molar-refractivity contribution in [3.63, 3.8) is 0 Å². The molecule has 1 heterocycles. The molecule has 21 heavy (non-hydrogen) atoms. The smallest absolute Gasteiger partial charge is 0.329 e. The number of carbonyl (C=O) groups is 1. The van der Waals surface area contributed by atoms with Gasteiger partial charge in [0.1, 0.15) is 6.04 Å². The van der Waals surface area contributed by atoms with Crippen molar-refractivity contribution < 1.29 is 9.53 Å². The lowest BCUT2D eigenvalue weighted by molar-refractivity contribution is -0.144. The monoisotopic (exact) mass is 369 g/mol. The van der Waals surface area contributed by atoms with E-state index < -0.39 is 12.0 Å². The predicted octanol–water partition coefficient (Wildman–Crippen LogP) is 3.22. The van der Waals surface area contributed by atoms with Gasteiger partial charge in [0.15, 0.2) is 0 Å². The molecular formula is C15H13BrClNO3. The Morgan fingerprint density at radius 2 is 2.00 bits per heavy atom. The molecule has 0 fully saturated rings. The number of pyridine rings is 1. The molecule has 0 aliphatic carbocycles. The number of halogens is 2. The van der Waals surface area contributed by atoms with Gasteiger partial charge in [-0.2, -0.15) is 0 Å². The molecule has 0 amide bonds. The summed E-state index contributed by atoms with van der Waals surface area (Å²) in [6.45, 7) is 0. The van der Waals surface area contributed by atoms with E-state index in [2.05, 4.69) is 15.9 Å². The summed E-state index contributed by atoms with van der Waals surface area (Å²) in [4.78, 5) is 24.1. The van der Waals surface area contributed by atoms with Gasteiger partial charge in [-0.25, -0.2) is 4.79 Å². The van der Waals surface area contributed by atoms with Crippen molar-refractivity contribution >= 4 is 33.5 Å². The number of methoxy groups -OCH3 is 1. The van der Waals surface area contributed by atoms with Gasteiger partial charge >= 0.3 is 5.97 Å². The number of rotatable bonds is 4. The summed E-state index contributed by atoms with van der Waals surface area (Å²) >= 11 is 9.08. The largest absolute Gasteiger partial charge is 0.467 e. The molecule has 0 bridgehead atoms. The highest BCUT2D eigenvalue weighted by molar-refractivity contribution is 9.10. The zero-order valence-electron chi connectivity index (χ0n) is 11.3. The van der Waals surface area contributed by atoms with E-state index in [1.165, 1.54) is 17.7 Å². The fourth-order valence-corrected chi connectivity index (χ4v) is 2.44. The normalized spacial score (nSPS) is 12.0. The Balaban J connectivity index is 2.36. The number of hydrogen-bond acceptors (Lipinski definition) is 3. The van der Waals surface area contributed by atoms with Crippen LogP contribution >= 0.6 is 27.5 Å². The van der Waals surface area contributed by atoms with Gasteiger partial charge in [-0.3, -0.25) is 4.79 Å². The van der Waals surface area contributed by atoms with Gasteiger partial charge in [0.05, 0.1) is 7.11 Å². The lowest BCUT2D eigenvalue weighted by Crippen LogP contribution is -2.31. The van der Waals surface area contributed by atoms with Crippen LogP contribution in [0.25, 0.3) is 0 Å². The zero-order chi connectivity index (χ0) is 15.4. The highest BCUT2D eigenvalue weighted by atomic mass is 79.9. The number of ether oxygens (including phenoxy) is 1. The maximum absolute atomic E-state index is 12.1. The quantitative estimate of drug-likeness (QED) is 0.777. The van der Waals surface area contributed by atoms with Gasteiger partial charge < -0.3 is 9.30 Å². The van der Waals surface area contributed by atoms with E-state index in [0.29, 0.717) is 15.9 Å². The molecule has 0 saturated carbocycles. The number of aromatic nitrogens is 1. The van der Waals surface area contributed by atoms with Crippen LogP contribution in [0.5, 0.6) is 0 Å². The molecule has 2 aromatic rings. The third-order valence-electron chi connectivity index (χ3n) is 3.06. The maximum atomic E-state index is 12.1. The first-order chi connectivity index (χ1) is 10.0. The first-order valence-electron chi connectivity index (χ1n) is 6.21. The van der Waals surface area contributed by atoms with Crippen LogP contribution in [0.1, 0.15) is 11.6 Å². The standard InChI is InChI=1S/C15H13BrClNO3/c1-21-15(20)13(8-10-2-4-12(17)5-3-10)18-7-6-11(16)9-14(18)19/h2-7,9,13H,8H2,1H3. The van der Waals surface area contributed by atoms with E-state index in [1.807, 2.05) is 12.1 Å². The van der Waals surface area contributed by atoms with Gasteiger partial charge in [0.2, 0.25) is 0 Å². The van der Waals surface area contributed by atoms with Crippen LogP contribution in [0.4, 0.5) is 0 Å². The number of nitrogens with zero attached hydrogens (tertiary/aromatic N) is 1. The van der Waals surface area contributed by atoms with Crippen LogP contribution in [-0.2, 0) is 16.0 Å². The molecule has 1 aromatic carbocycles. The second-order valence-electron chi connectivity index (χ2n) is 4.46. The fourth-order valence-electron chi connectivity index (χ4n) is 2.00. The zero-order valence-corrected chi connectivity index (χ0v) is 13.6. The van der Waals surface area contributed by atoms with Crippen molar-refractivity contribution in [2.24, 2.45) is 0 Å². The van der Waals surface area contributed by atoms with Crippen molar-refractivity contribution in [2.45, 2.75) is 12.5 Å². The third-order valence-corrected chi connectivity index (χ3v) is 3.81. The SMILES string of the molecule is COC(=O)C(Cc1ccc(Cl)cc1)n1ccc(Br)cc1=O. The summed E-state index contributed by atoms with van der Waals surface area (Å²) in [5, 5.41) is 0.620. The first kappa shape index (κ1) is 15.8. The molecule has 1 atom stereocenters. The maximum Gasteiger partial charge on any atom is 0.329 e. The highest BCUT2D eigenvalue weighted by Gasteiger charge is 2.22. The van der Waals surface area contributed by atoms with E-state index in [1.54, 1.807) is 24.4 Å². The Kier molecular flexibility index (Phi) is 5.20. The third kappa shape index (κ3) is 3.95. The van der Waals surface area contributed by atoms with Crippen LogP contribution in [-0.4, -0.2) is 17.6 Å². The van der Waals surface area contributed by atoms with Gasteiger partial charge in [-0.05, 0) is 23.8 Å². The number of hydrogen-bond donors (Lipinski definition) is 0. The van der Waals surface area contributed by atoms with Crippen molar-refractivity contribution in [2.75, 3.05) is 7.11 Å². The Morgan fingerprint density at radius 1 is 1.33 bits per heavy atom. The summed E-state index contributed by atoms with van der Waals surface area (Å²) in [6.07, 6.45) is 1.93. The Hall–Kier alpha value is -1.59. The molecule has 0 aliphatic heterocycles. The fraction of sp³-hybridized carbons (Fsp3) is 0.200. The molecule has 2 rings (SSSR count). The summed E-state index contributed by atoms with van der Waals surface area (Å²) in [5.41, 5.74) is 0.623. The average Bonchev–Trinajstić information content (AvgIpc) is 2.47. The van der Waals surface area contributed by atoms with E-state index in [0.717, 1.165) is 5.56 Å². The molecule has 0 saturated heterocycles. The Labute approximate surface area is 135 Å². The molecule has 0 radical (unpaired) electrons. The van der Waals surface area contributed by atoms with E-state index in [9.17, 15) is 9.59 Å². The molecule has 1 unspecified atom stereocenters. The topological polar surface area (TPSA) is 48.3 Å². The van der Waals surface area contributed by atoms with Gasteiger partial charge in [0.25, 0.3) is 5.56 Å². The first-order valence-corrected chi connectivity index (χ1v) is 7.38. The second-order valence-corrected chi connectivity index (χ2v) is 5.81. The van der Waals surface area contributed by atoms with E-state index in [4.69, 9.17) is 16.3 Å². The van der Waals surface area contributed by atoms with Crippen LogP contribution in [0, 0.1) is 0 Å². The number of esters is 1. The van der Waals surface area contributed by atoms with Crippen molar-refractivity contribution in [3.05, 3.63) is 68.0 Å². The van der Waals surface area contributed by atoms with Crippen molar-refractivity contribution in [1.82, 2.24) is 4.57 Å². The molecule has 4 nitrogen and oxygen atoms in total. The van der Waals surface area contributed by atoms with Gasteiger partial charge in [0, 0.05) is 28.2 Å². The van der Waals surface area contributed by atoms with Crippen LogP contribution in [0.3, 0.4) is 0 Å². The molecule has 0 aliphatic rings.